The summed E-state index contributed by atoms with van der Waals surface area (Å²) < 4.78 is 5.34. The smallest absolute Gasteiger partial charge is 0.119 e. The zero-order valence-electron chi connectivity index (χ0n) is 8.42. The van der Waals surface area contributed by atoms with E-state index in [1.54, 1.807) is 0 Å². The molecule has 0 atom stereocenters. The van der Waals surface area contributed by atoms with Crippen LogP contribution in [0.5, 0.6) is 5.75 Å². The molecule has 78 valence electrons. The first kappa shape index (κ1) is 11.3. The molecule has 0 heterocycles. The Kier molecular flexibility index (Phi) is 5.42. The van der Waals surface area contributed by atoms with Crippen LogP contribution in [0.25, 0.3) is 0 Å². The molecule has 0 aliphatic heterocycles. The number of rotatable bonds is 6. The van der Waals surface area contributed by atoms with E-state index in [0.717, 1.165) is 18.8 Å². The highest BCUT2D eigenvalue weighted by Crippen LogP contribution is 2.11. The summed E-state index contributed by atoms with van der Waals surface area (Å²) in [5, 5.41) is 3.23. The van der Waals surface area contributed by atoms with Crippen LogP contribution in [0.2, 0.25) is 0 Å². The largest absolute Gasteiger partial charge is 0.494 e. The number of hydrogen-bond acceptors (Lipinski definition) is 2. The van der Waals surface area contributed by atoms with Gasteiger partial charge >= 0.3 is 0 Å². The Bertz CT molecular complexity index is 248. The molecule has 0 aromatic heterocycles. The van der Waals surface area contributed by atoms with Crippen molar-refractivity contribution in [3.8, 4) is 5.75 Å². The summed E-state index contributed by atoms with van der Waals surface area (Å²) in [6, 6.07) is 8.10. The SMILES string of the molecule is CCOc1ccc(CNCCCl)cc1. The zero-order chi connectivity index (χ0) is 10.2. The van der Waals surface area contributed by atoms with Crippen LogP contribution in [0.1, 0.15) is 12.5 Å². The molecular formula is C11H16ClNO. The second-order valence-electron chi connectivity index (χ2n) is 2.94. The van der Waals surface area contributed by atoms with E-state index in [2.05, 4.69) is 17.4 Å². The van der Waals surface area contributed by atoms with Crippen LogP contribution in [0.3, 0.4) is 0 Å². The monoisotopic (exact) mass is 213 g/mol. The zero-order valence-corrected chi connectivity index (χ0v) is 9.18. The first-order valence-corrected chi connectivity index (χ1v) is 5.38. The highest BCUT2D eigenvalue weighted by atomic mass is 35.5. The van der Waals surface area contributed by atoms with Crippen molar-refractivity contribution in [3.05, 3.63) is 29.8 Å². The second-order valence-corrected chi connectivity index (χ2v) is 3.32. The third kappa shape index (κ3) is 3.99. The molecule has 0 amide bonds. The van der Waals surface area contributed by atoms with Crippen molar-refractivity contribution in [2.24, 2.45) is 0 Å². The number of benzene rings is 1. The molecule has 0 aliphatic rings. The lowest BCUT2D eigenvalue weighted by molar-refractivity contribution is 0.340. The summed E-state index contributed by atoms with van der Waals surface area (Å²) in [5.74, 6) is 1.57. The molecular weight excluding hydrogens is 198 g/mol. The summed E-state index contributed by atoms with van der Waals surface area (Å²) in [6.45, 7) is 4.40. The van der Waals surface area contributed by atoms with Gasteiger partial charge in [0.2, 0.25) is 0 Å². The fourth-order valence-electron chi connectivity index (χ4n) is 1.17. The summed E-state index contributed by atoms with van der Waals surface area (Å²) in [4.78, 5) is 0. The van der Waals surface area contributed by atoms with Gasteiger partial charge in [-0.3, -0.25) is 0 Å². The first-order valence-electron chi connectivity index (χ1n) is 4.85. The molecule has 0 unspecified atom stereocenters. The average Bonchev–Trinajstić information content (AvgIpc) is 2.21. The normalized spacial score (nSPS) is 10.1. The predicted molar refractivity (Wildman–Crippen MR) is 60.0 cm³/mol. The van der Waals surface area contributed by atoms with E-state index in [0.29, 0.717) is 12.5 Å². The third-order valence-electron chi connectivity index (χ3n) is 1.83. The van der Waals surface area contributed by atoms with Crippen molar-refractivity contribution in [2.75, 3.05) is 19.0 Å². The third-order valence-corrected chi connectivity index (χ3v) is 2.02. The van der Waals surface area contributed by atoms with Gasteiger partial charge in [-0.25, -0.2) is 0 Å². The molecule has 0 saturated heterocycles. The Labute approximate surface area is 90.2 Å². The summed E-state index contributed by atoms with van der Waals surface area (Å²) in [6.07, 6.45) is 0. The van der Waals surface area contributed by atoms with Gasteiger partial charge in [-0.2, -0.15) is 0 Å². The minimum Gasteiger partial charge on any atom is -0.494 e. The molecule has 0 radical (unpaired) electrons. The maximum absolute atomic E-state index is 5.55. The summed E-state index contributed by atoms with van der Waals surface area (Å²) >= 11 is 5.55. The van der Waals surface area contributed by atoms with Gasteiger partial charge in [-0.1, -0.05) is 12.1 Å². The van der Waals surface area contributed by atoms with Crippen LogP contribution < -0.4 is 10.1 Å². The maximum atomic E-state index is 5.55. The highest BCUT2D eigenvalue weighted by molar-refractivity contribution is 6.18. The lowest BCUT2D eigenvalue weighted by Gasteiger charge is -2.05. The molecule has 0 bridgehead atoms. The molecule has 2 nitrogen and oxygen atoms in total. The molecule has 0 fully saturated rings. The number of halogens is 1. The van der Waals surface area contributed by atoms with Crippen molar-refractivity contribution in [2.45, 2.75) is 13.5 Å². The summed E-state index contributed by atoms with van der Waals surface area (Å²) in [5.41, 5.74) is 1.25. The van der Waals surface area contributed by atoms with Crippen molar-refractivity contribution >= 4 is 11.6 Å². The summed E-state index contributed by atoms with van der Waals surface area (Å²) in [7, 11) is 0. The fraction of sp³-hybridized carbons (Fsp3) is 0.455. The van der Waals surface area contributed by atoms with E-state index in [9.17, 15) is 0 Å². The van der Waals surface area contributed by atoms with Gasteiger partial charge < -0.3 is 10.1 Å². The molecule has 0 aliphatic carbocycles. The molecule has 14 heavy (non-hydrogen) atoms. The van der Waals surface area contributed by atoms with Crippen LogP contribution in [-0.4, -0.2) is 19.0 Å². The van der Waals surface area contributed by atoms with Crippen molar-refractivity contribution in [3.63, 3.8) is 0 Å². The van der Waals surface area contributed by atoms with E-state index in [1.807, 2.05) is 19.1 Å². The molecule has 3 heteroatoms. The van der Waals surface area contributed by atoms with Crippen molar-refractivity contribution in [1.82, 2.24) is 5.32 Å². The van der Waals surface area contributed by atoms with Crippen LogP contribution in [0.4, 0.5) is 0 Å². The topological polar surface area (TPSA) is 21.3 Å². The van der Waals surface area contributed by atoms with Gasteiger partial charge in [0.1, 0.15) is 5.75 Å². The Morgan fingerprint density at radius 1 is 1.29 bits per heavy atom. The van der Waals surface area contributed by atoms with Gasteiger partial charge in [-0.05, 0) is 24.6 Å². The van der Waals surface area contributed by atoms with Gasteiger partial charge in [0.15, 0.2) is 0 Å². The van der Waals surface area contributed by atoms with Crippen LogP contribution >= 0.6 is 11.6 Å². The minimum atomic E-state index is 0.650. The van der Waals surface area contributed by atoms with Crippen LogP contribution in [0.15, 0.2) is 24.3 Å². The Balaban J connectivity index is 2.38. The van der Waals surface area contributed by atoms with Crippen LogP contribution in [0, 0.1) is 0 Å². The van der Waals surface area contributed by atoms with Gasteiger partial charge in [0.25, 0.3) is 0 Å². The quantitative estimate of drug-likeness (QED) is 0.579. The van der Waals surface area contributed by atoms with Gasteiger partial charge in [-0.15, -0.1) is 11.6 Å². The molecule has 1 aromatic carbocycles. The van der Waals surface area contributed by atoms with E-state index >= 15 is 0 Å². The van der Waals surface area contributed by atoms with Crippen LogP contribution in [-0.2, 0) is 6.54 Å². The van der Waals surface area contributed by atoms with E-state index in [-0.39, 0.29) is 0 Å². The Morgan fingerprint density at radius 2 is 2.00 bits per heavy atom. The van der Waals surface area contributed by atoms with E-state index in [1.165, 1.54) is 5.56 Å². The standard InChI is InChI=1S/C11H16ClNO/c1-2-14-11-5-3-10(4-6-11)9-13-8-7-12/h3-6,13H,2,7-9H2,1H3. The maximum Gasteiger partial charge on any atom is 0.119 e. The molecule has 1 rings (SSSR count). The van der Waals surface area contributed by atoms with E-state index in [4.69, 9.17) is 16.3 Å². The molecule has 1 aromatic rings. The van der Waals surface area contributed by atoms with E-state index < -0.39 is 0 Å². The molecule has 1 N–H and O–H groups in total. The molecule has 0 spiro atoms. The lowest BCUT2D eigenvalue weighted by atomic mass is 10.2. The fourth-order valence-corrected chi connectivity index (χ4v) is 1.30. The Morgan fingerprint density at radius 3 is 2.57 bits per heavy atom. The second kappa shape index (κ2) is 6.68. The van der Waals surface area contributed by atoms with Gasteiger partial charge in [0.05, 0.1) is 6.61 Å². The highest BCUT2D eigenvalue weighted by Gasteiger charge is 1.93. The first-order chi connectivity index (χ1) is 6.86. The minimum absolute atomic E-state index is 0.650. The van der Waals surface area contributed by atoms with Gasteiger partial charge in [0, 0.05) is 19.0 Å². The van der Waals surface area contributed by atoms with Crippen molar-refractivity contribution < 1.29 is 4.74 Å². The van der Waals surface area contributed by atoms with Crippen molar-refractivity contribution in [1.29, 1.82) is 0 Å². The number of alkyl halides is 1. The number of hydrogen-bond donors (Lipinski definition) is 1. The number of nitrogens with one attached hydrogen (secondary N) is 1. The average molecular weight is 214 g/mol. The molecule has 0 saturated carbocycles. The number of ether oxygens (including phenoxy) is 1. The Hall–Kier alpha value is -0.730. The predicted octanol–water partition coefficient (Wildman–Crippen LogP) is 2.41. The lowest BCUT2D eigenvalue weighted by Crippen LogP contribution is -2.15.